The summed E-state index contributed by atoms with van der Waals surface area (Å²) >= 11 is 0. The summed E-state index contributed by atoms with van der Waals surface area (Å²) in [6.45, 7) is 5.33. The van der Waals surface area contributed by atoms with Crippen LogP contribution < -0.4 is 5.32 Å². The van der Waals surface area contributed by atoms with Gasteiger partial charge in [-0.05, 0) is 6.42 Å². The summed E-state index contributed by atoms with van der Waals surface area (Å²) in [7, 11) is 0. The largest absolute Gasteiger partial charge is 0.308 e. The summed E-state index contributed by atoms with van der Waals surface area (Å²) in [6, 6.07) is 7.16. The van der Waals surface area contributed by atoms with Crippen LogP contribution in [-0.4, -0.2) is 25.7 Å². The zero-order valence-electron chi connectivity index (χ0n) is 12.2. The number of nitro groups is 1. The number of nitrogens with zero attached hydrogens (tertiary/aromatic N) is 4. The lowest BCUT2D eigenvalue weighted by Gasteiger charge is -2.09. The Morgan fingerprint density at radius 3 is 2.86 bits per heavy atom. The van der Waals surface area contributed by atoms with E-state index in [0.29, 0.717) is 31.1 Å². The van der Waals surface area contributed by atoms with Crippen molar-refractivity contribution < 1.29 is 4.92 Å². The topological polar surface area (TPSA) is 85.9 Å². The van der Waals surface area contributed by atoms with Crippen molar-refractivity contribution in [3.63, 3.8) is 0 Å². The third-order valence-corrected chi connectivity index (χ3v) is 3.15. The Morgan fingerprint density at radius 1 is 1.38 bits per heavy atom. The van der Waals surface area contributed by atoms with Crippen molar-refractivity contribution in [2.24, 2.45) is 0 Å². The molecule has 7 heteroatoms. The van der Waals surface area contributed by atoms with E-state index in [9.17, 15) is 10.1 Å². The predicted octanol–water partition coefficient (Wildman–Crippen LogP) is 1.93. The zero-order chi connectivity index (χ0) is 15.2. The molecule has 0 spiro atoms. The van der Waals surface area contributed by atoms with Crippen LogP contribution in [0.4, 0.5) is 5.69 Å². The Hall–Kier alpha value is -2.28. The molecule has 21 heavy (non-hydrogen) atoms. The van der Waals surface area contributed by atoms with Gasteiger partial charge in [-0.3, -0.25) is 10.1 Å². The SMILES string of the molecule is CC(C)NCc1ncnn1CCc1ccccc1[N+](=O)[O-]. The molecule has 7 nitrogen and oxygen atoms in total. The van der Waals surface area contributed by atoms with Crippen molar-refractivity contribution in [3.05, 3.63) is 52.1 Å². The molecule has 0 unspecified atom stereocenters. The van der Waals surface area contributed by atoms with Crippen LogP contribution >= 0.6 is 0 Å². The van der Waals surface area contributed by atoms with E-state index in [1.807, 2.05) is 6.07 Å². The van der Waals surface area contributed by atoms with Gasteiger partial charge in [-0.25, -0.2) is 9.67 Å². The summed E-state index contributed by atoms with van der Waals surface area (Å²) in [5, 5.41) is 18.5. The number of hydrogen-bond acceptors (Lipinski definition) is 5. The summed E-state index contributed by atoms with van der Waals surface area (Å²) in [5.74, 6) is 0.835. The highest BCUT2D eigenvalue weighted by molar-refractivity contribution is 5.39. The number of rotatable bonds is 7. The van der Waals surface area contributed by atoms with Crippen molar-refractivity contribution in [1.29, 1.82) is 0 Å². The smallest absolute Gasteiger partial charge is 0.272 e. The van der Waals surface area contributed by atoms with E-state index in [4.69, 9.17) is 0 Å². The van der Waals surface area contributed by atoms with Crippen LogP contribution in [0.15, 0.2) is 30.6 Å². The first-order valence-corrected chi connectivity index (χ1v) is 6.90. The first-order valence-electron chi connectivity index (χ1n) is 6.90. The highest BCUT2D eigenvalue weighted by Gasteiger charge is 2.13. The van der Waals surface area contributed by atoms with Gasteiger partial charge in [0.15, 0.2) is 0 Å². The molecule has 1 aromatic carbocycles. The molecule has 0 atom stereocenters. The van der Waals surface area contributed by atoms with Crippen molar-refractivity contribution in [3.8, 4) is 0 Å². The van der Waals surface area contributed by atoms with E-state index >= 15 is 0 Å². The van der Waals surface area contributed by atoms with E-state index in [1.165, 1.54) is 12.4 Å². The van der Waals surface area contributed by atoms with Crippen LogP contribution in [0.5, 0.6) is 0 Å². The fourth-order valence-corrected chi connectivity index (χ4v) is 2.03. The second-order valence-electron chi connectivity index (χ2n) is 5.07. The molecule has 1 N–H and O–H groups in total. The highest BCUT2D eigenvalue weighted by Crippen LogP contribution is 2.18. The Labute approximate surface area is 123 Å². The lowest BCUT2D eigenvalue weighted by Crippen LogP contribution is -2.24. The van der Waals surface area contributed by atoms with Gasteiger partial charge in [-0.15, -0.1) is 0 Å². The number of aromatic nitrogens is 3. The van der Waals surface area contributed by atoms with Crippen molar-refractivity contribution in [1.82, 2.24) is 20.1 Å². The monoisotopic (exact) mass is 289 g/mol. The third-order valence-electron chi connectivity index (χ3n) is 3.15. The van der Waals surface area contributed by atoms with E-state index in [1.54, 1.807) is 16.8 Å². The number of nitrogens with one attached hydrogen (secondary N) is 1. The third kappa shape index (κ3) is 4.09. The van der Waals surface area contributed by atoms with Crippen molar-refractivity contribution in [2.75, 3.05) is 0 Å². The molecule has 0 aliphatic heterocycles. The molecule has 0 aliphatic rings. The predicted molar refractivity (Wildman–Crippen MR) is 78.8 cm³/mol. The first kappa shape index (κ1) is 15.1. The van der Waals surface area contributed by atoms with Gasteiger partial charge in [0.25, 0.3) is 5.69 Å². The standard InChI is InChI=1S/C14H19N5O2/c1-11(2)15-9-14-16-10-17-18(14)8-7-12-5-3-4-6-13(12)19(20)21/h3-6,10-11,15H,7-9H2,1-2H3. The molecule has 1 aromatic heterocycles. The maximum Gasteiger partial charge on any atom is 0.272 e. The Morgan fingerprint density at radius 2 is 2.14 bits per heavy atom. The first-order chi connectivity index (χ1) is 10.1. The lowest BCUT2D eigenvalue weighted by molar-refractivity contribution is -0.385. The number of hydrogen-bond donors (Lipinski definition) is 1. The van der Waals surface area contributed by atoms with Crippen molar-refractivity contribution >= 4 is 5.69 Å². The second kappa shape index (κ2) is 6.94. The maximum atomic E-state index is 11.0. The fraction of sp³-hybridized carbons (Fsp3) is 0.429. The van der Waals surface area contributed by atoms with Crippen molar-refractivity contribution in [2.45, 2.75) is 39.4 Å². The molecule has 1 heterocycles. The average Bonchev–Trinajstić information content (AvgIpc) is 2.90. The van der Waals surface area contributed by atoms with Crippen LogP contribution in [0.25, 0.3) is 0 Å². The molecule has 2 aromatic rings. The zero-order valence-corrected chi connectivity index (χ0v) is 12.2. The van der Waals surface area contributed by atoms with Crippen LogP contribution in [-0.2, 0) is 19.5 Å². The minimum Gasteiger partial charge on any atom is -0.308 e. The van der Waals surface area contributed by atoms with Crippen LogP contribution in [0.2, 0.25) is 0 Å². The number of benzene rings is 1. The van der Waals surface area contributed by atoms with Gasteiger partial charge in [0.2, 0.25) is 0 Å². The molecular weight excluding hydrogens is 270 g/mol. The quantitative estimate of drug-likeness (QED) is 0.621. The molecule has 2 rings (SSSR count). The second-order valence-corrected chi connectivity index (χ2v) is 5.07. The van der Waals surface area contributed by atoms with Gasteiger partial charge < -0.3 is 5.32 Å². The molecule has 0 saturated carbocycles. The van der Waals surface area contributed by atoms with Gasteiger partial charge in [-0.1, -0.05) is 32.0 Å². The molecule has 0 radical (unpaired) electrons. The highest BCUT2D eigenvalue weighted by atomic mass is 16.6. The number of para-hydroxylation sites is 1. The van der Waals surface area contributed by atoms with Crippen LogP contribution in [0, 0.1) is 10.1 Å². The fourth-order valence-electron chi connectivity index (χ4n) is 2.03. The molecule has 0 aliphatic carbocycles. The van der Waals surface area contributed by atoms with Crippen LogP contribution in [0.1, 0.15) is 25.2 Å². The molecule has 0 bridgehead atoms. The molecule has 112 valence electrons. The Bertz CT molecular complexity index is 609. The van der Waals surface area contributed by atoms with Gasteiger partial charge in [-0.2, -0.15) is 5.10 Å². The minimum atomic E-state index is -0.349. The molecule has 0 fully saturated rings. The number of nitro benzene ring substituents is 1. The number of aryl methyl sites for hydroxylation is 2. The molecule has 0 amide bonds. The summed E-state index contributed by atoms with van der Waals surface area (Å²) < 4.78 is 1.78. The minimum absolute atomic E-state index is 0.152. The van der Waals surface area contributed by atoms with E-state index in [-0.39, 0.29) is 10.6 Å². The summed E-state index contributed by atoms with van der Waals surface area (Å²) in [6.07, 6.45) is 2.06. The van der Waals surface area contributed by atoms with E-state index < -0.39 is 0 Å². The van der Waals surface area contributed by atoms with Crippen LogP contribution in [0.3, 0.4) is 0 Å². The lowest BCUT2D eigenvalue weighted by atomic mass is 10.1. The summed E-state index contributed by atoms with van der Waals surface area (Å²) in [5.41, 5.74) is 0.861. The molecule has 0 saturated heterocycles. The summed E-state index contributed by atoms with van der Waals surface area (Å²) in [4.78, 5) is 14.9. The maximum absolute atomic E-state index is 11.0. The Kier molecular flexibility index (Phi) is 4.99. The average molecular weight is 289 g/mol. The van der Waals surface area contributed by atoms with Gasteiger partial charge in [0, 0.05) is 24.2 Å². The van der Waals surface area contributed by atoms with Gasteiger partial charge >= 0.3 is 0 Å². The normalized spacial score (nSPS) is 11.0. The van der Waals surface area contributed by atoms with E-state index in [2.05, 4.69) is 29.2 Å². The Balaban J connectivity index is 2.04. The molecular formula is C14H19N5O2. The van der Waals surface area contributed by atoms with Gasteiger partial charge in [0.1, 0.15) is 12.2 Å². The van der Waals surface area contributed by atoms with E-state index in [0.717, 1.165) is 5.82 Å². The van der Waals surface area contributed by atoms with Gasteiger partial charge in [0.05, 0.1) is 11.5 Å².